The molecule has 0 unspecified atom stereocenters. The Morgan fingerprint density at radius 2 is 2.00 bits per heavy atom. The van der Waals surface area contributed by atoms with Crippen LogP contribution < -0.4 is 0 Å². The van der Waals surface area contributed by atoms with Gasteiger partial charge in [-0.2, -0.15) is 0 Å². The minimum atomic E-state index is 0.818. The average molecular weight is 138 g/mol. The monoisotopic (exact) mass is 138 g/mol. The van der Waals surface area contributed by atoms with Crippen LogP contribution in [0.1, 0.15) is 46.0 Å². The summed E-state index contributed by atoms with van der Waals surface area (Å²) in [6.45, 7) is 4.84. The summed E-state index contributed by atoms with van der Waals surface area (Å²) >= 11 is 0. The lowest BCUT2D eigenvalue weighted by molar-refractivity contribution is 0.0946. The molecule has 2 aliphatic carbocycles. The Labute approximate surface area is 64.0 Å². The van der Waals surface area contributed by atoms with Crippen LogP contribution >= 0.6 is 0 Å². The molecule has 0 nitrogen and oxygen atoms in total. The van der Waals surface area contributed by atoms with Gasteiger partial charge in [0.15, 0.2) is 0 Å². The summed E-state index contributed by atoms with van der Waals surface area (Å²) < 4.78 is 0. The maximum Gasteiger partial charge on any atom is -0.0294 e. The third kappa shape index (κ3) is 0.810. The smallest absolute Gasteiger partial charge is 0.0294 e. The Hall–Kier alpha value is 0. The summed E-state index contributed by atoms with van der Waals surface area (Å²) in [4.78, 5) is 0. The van der Waals surface area contributed by atoms with Crippen molar-refractivity contribution in [1.82, 2.24) is 0 Å². The van der Waals surface area contributed by atoms with Gasteiger partial charge in [-0.3, -0.25) is 0 Å². The molecule has 0 N–H and O–H groups in total. The molecule has 2 fully saturated rings. The second-order valence-corrected chi connectivity index (χ2v) is 4.51. The zero-order chi connectivity index (χ0) is 7.19. The van der Waals surface area contributed by atoms with Gasteiger partial charge in [0, 0.05) is 0 Å². The van der Waals surface area contributed by atoms with E-state index in [2.05, 4.69) is 13.8 Å². The van der Waals surface area contributed by atoms with Crippen LogP contribution in [-0.2, 0) is 0 Å². The van der Waals surface area contributed by atoms with E-state index < -0.39 is 0 Å². The van der Waals surface area contributed by atoms with Gasteiger partial charge in [-0.1, -0.05) is 20.3 Å². The molecular formula is C10H18. The summed E-state index contributed by atoms with van der Waals surface area (Å²) in [6, 6.07) is 0. The molecule has 0 aromatic carbocycles. The van der Waals surface area contributed by atoms with E-state index >= 15 is 0 Å². The lowest BCUT2D eigenvalue weighted by Gasteiger charge is -2.40. The molecule has 0 spiro atoms. The number of rotatable bonds is 2. The molecule has 0 aliphatic heterocycles. The molecule has 0 aromatic rings. The van der Waals surface area contributed by atoms with Crippen molar-refractivity contribution in [2.45, 2.75) is 46.0 Å². The Kier molecular flexibility index (Phi) is 1.33. The quantitative estimate of drug-likeness (QED) is 0.549. The maximum atomic E-state index is 2.49. The fourth-order valence-electron chi connectivity index (χ4n) is 2.54. The van der Waals surface area contributed by atoms with Crippen molar-refractivity contribution < 1.29 is 0 Å². The van der Waals surface area contributed by atoms with Gasteiger partial charge in [-0.15, -0.1) is 0 Å². The van der Waals surface area contributed by atoms with Gasteiger partial charge in [0.05, 0.1) is 0 Å². The minimum absolute atomic E-state index is 0.818. The van der Waals surface area contributed by atoms with Gasteiger partial charge in [-0.05, 0) is 42.9 Å². The first-order valence-electron chi connectivity index (χ1n) is 4.76. The zero-order valence-corrected chi connectivity index (χ0v) is 7.19. The highest BCUT2D eigenvalue weighted by molar-refractivity contribution is 5.00. The van der Waals surface area contributed by atoms with Crippen LogP contribution in [0.5, 0.6) is 0 Å². The first kappa shape index (κ1) is 6.69. The van der Waals surface area contributed by atoms with E-state index in [9.17, 15) is 0 Å². The van der Waals surface area contributed by atoms with Crippen molar-refractivity contribution in [3.05, 3.63) is 0 Å². The first-order chi connectivity index (χ1) is 4.76. The molecule has 0 radical (unpaired) electrons. The van der Waals surface area contributed by atoms with E-state index in [1.54, 1.807) is 0 Å². The highest BCUT2D eigenvalue weighted by Gasteiger charge is 2.50. The van der Waals surface area contributed by atoms with Crippen molar-refractivity contribution in [3.63, 3.8) is 0 Å². The number of hydrogen-bond donors (Lipinski definition) is 0. The number of hydrogen-bond acceptors (Lipinski definition) is 0. The Morgan fingerprint density at radius 3 is 2.30 bits per heavy atom. The zero-order valence-electron chi connectivity index (χ0n) is 7.19. The maximum absolute atomic E-state index is 2.49. The van der Waals surface area contributed by atoms with Crippen LogP contribution in [-0.4, -0.2) is 0 Å². The molecular weight excluding hydrogens is 120 g/mol. The van der Waals surface area contributed by atoms with Gasteiger partial charge >= 0.3 is 0 Å². The van der Waals surface area contributed by atoms with E-state index in [-0.39, 0.29) is 0 Å². The Balaban J connectivity index is 1.93. The van der Waals surface area contributed by atoms with E-state index in [0.717, 1.165) is 17.3 Å². The molecule has 0 saturated heterocycles. The largest absolute Gasteiger partial charge is 0.0651 e. The summed E-state index contributed by atoms with van der Waals surface area (Å²) in [5.41, 5.74) is 0.818. The molecule has 0 amide bonds. The lowest BCUT2D eigenvalue weighted by Crippen LogP contribution is -2.31. The molecule has 0 bridgehead atoms. The van der Waals surface area contributed by atoms with Crippen molar-refractivity contribution in [2.75, 3.05) is 0 Å². The predicted molar refractivity (Wildman–Crippen MR) is 43.8 cm³/mol. The van der Waals surface area contributed by atoms with Crippen LogP contribution in [0.3, 0.4) is 0 Å². The highest BCUT2D eigenvalue weighted by Crippen LogP contribution is 2.60. The topological polar surface area (TPSA) is 0 Å². The van der Waals surface area contributed by atoms with Crippen LogP contribution in [0.25, 0.3) is 0 Å². The second-order valence-electron chi connectivity index (χ2n) is 4.51. The van der Waals surface area contributed by atoms with Crippen LogP contribution in [0, 0.1) is 17.3 Å². The molecule has 0 heteroatoms. The van der Waals surface area contributed by atoms with Gasteiger partial charge in [-0.25, -0.2) is 0 Å². The van der Waals surface area contributed by atoms with E-state index in [0.29, 0.717) is 0 Å². The SMILES string of the molecule is CC[C@@H]1CC[C@H]1C1(C)CC1. The summed E-state index contributed by atoms with van der Waals surface area (Å²) in [5.74, 6) is 2.23. The average Bonchev–Trinajstić information content (AvgIpc) is 2.46. The molecule has 0 aromatic heterocycles. The standard InChI is InChI=1S/C10H18/c1-3-8-4-5-9(8)10(2)6-7-10/h8-9H,3-7H2,1-2H3/t8-,9-/m1/s1. The fraction of sp³-hybridized carbons (Fsp3) is 1.00. The molecule has 2 atom stereocenters. The van der Waals surface area contributed by atoms with E-state index in [4.69, 9.17) is 0 Å². The summed E-state index contributed by atoms with van der Waals surface area (Å²) in [6.07, 6.45) is 7.54. The highest BCUT2D eigenvalue weighted by atomic mass is 14.6. The second kappa shape index (κ2) is 1.99. The Morgan fingerprint density at radius 1 is 1.30 bits per heavy atom. The van der Waals surface area contributed by atoms with Gasteiger partial charge in [0.1, 0.15) is 0 Å². The van der Waals surface area contributed by atoms with E-state index in [1.807, 2.05) is 0 Å². The van der Waals surface area contributed by atoms with Gasteiger partial charge < -0.3 is 0 Å². The molecule has 2 aliphatic rings. The third-order valence-corrected chi connectivity index (χ3v) is 3.88. The lowest BCUT2D eigenvalue weighted by atomic mass is 9.65. The van der Waals surface area contributed by atoms with Crippen LogP contribution in [0.15, 0.2) is 0 Å². The minimum Gasteiger partial charge on any atom is -0.0651 e. The van der Waals surface area contributed by atoms with Crippen molar-refractivity contribution in [1.29, 1.82) is 0 Å². The van der Waals surface area contributed by atoms with Crippen molar-refractivity contribution in [3.8, 4) is 0 Å². The normalized spacial score (nSPS) is 42.6. The molecule has 10 heavy (non-hydrogen) atoms. The van der Waals surface area contributed by atoms with Crippen molar-refractivity contribution in [2.24, 2.45) is 17.3 Å². The van der Waals surface area contributed by atoms with Crippen LogP contribution in [0.2, 0.25) is 0 Å². The molecule has 2 rings (SSSR count). The third-order valence-electron chi connectivity index (χ3n) is 3.88. The Bertz CT molecular complexity index is 131. The van der Waals surface area contributed by atoms with Crippen molar-refractivity contribution >= 4 is 0 Å². The first-order valence-corrected chi connectivity index (χ1v) is 4.76. The summed E-state index contributed by atoms with van der Waals surface area (Å²) in [7, 11) is 0. The molecule has 0 heterocycles. The van der Waals surface area contributed by atoms with Gasteiger partial charge in [0.2, 0.25) is 0 Å². The predicted octanol–water partition coefficient (Wildman–Crippen LogP) is 3.22. The molecule has 2 saturated carbocycles. The van der Waals surface area contributed by atoms with Gasteiger partial charge in [0.25, 0.3) is 0 Å². The summed E-state index contributed by atoms with van der Waals surface area (Å²) in [5, 5.41) is 0. The van der Waals surface area contributed by atoms with E-state index in [1.165, 1.54) is 32.1 Å². The fourth-order valence-corrected chi connectivity index (χ4v) is 2.54. The molecule has 58 valence electrons. The van der Waals surface area contributed by atoms with Crippen LogP contribution in [0.4, 0.5) is 0 Å².